The summed E-state index contributed by atoms with van der Waals surface area (Å²) in [6, 6.07) is 11.8. The van der Waals surface area contributed by atoms with Crippen molar-refractivity contribution >= 4 is 17.2 Å². The topological polar surface area (TPSA) is 107 Å². The highest BCUT2D eigenvalue weighted by molar-refractivity contribution is 7.17. The number of carbonyl (C=O) groups excluding carboxylic acids is 1. The van der Waals surface area contributed by atoms with Crippen LogP contribution in [0, 0.1) is 24.6 Å². The predicted molar refractivity (Wildman–Crippen MR) is 142 cm³/mol. The fraction of sp³-hybridized carbons (Fsp3) is 0.321. The van der Waals surface area contributed by atoms with Gasteiger partial charge in [-0.05, 0) is 62.7 Å². The highest BCUT2D eigenvalue weighted by Gasteiger charge is 2.59. The molecule has 1 aliphatic heterocycles. The molecule has 1 aromatic carbocycles. The van der Waals surface area contributed by atoms with Crippen molar-refractivity contribution in [2.75, 3.05) is 13.1 Å². The number of nitrogens with zero attached hydrogens (tertiary/aromatic N) is 5. The molecule has 2 N–H and O–H groups in total. The minimum absolute atomic E-state index is 0.0143. The van der Waals surface area contributed by atoms with Crippen LogP contribution in [0.3, 0.4) is 0 Å². The molecule has 3 atom stereocenters. The number of ether oxygens (including phenoxy) is 1. The molecule has 0 spiro atoms. The highest BCUT2D eigenvalue weighted by Crippen LogP contribution is 2.48. The van der Waals surface area contributed by atoms with Gasteiger partial charge in [0.2, 0.25) is 5.88 Å². The Morgan fingerprint density at radius 3 is 2.45 bits per heavy atom. The Balaban J connectivity index is 1.16. The number of hydrogen-bond donors (Lipinski definition) is 1. The standard InChI is InChI=1S/C28H27FN6O2S/c1-15-24(38-26(33-15)25-31-9-4-10-32-25)27(36)35-13-19-20(14-35)23(19)37-22-12-17(28(2,3)30)11-21(34-22)16-5-7-18(29)8-6-16/h4-12,19-20,23H,13-14,30H2,1-3H3/t19-,20+,23?. The van der Waals surface area contributed by atoms with Crippen LogP contribution >= 0.6 is 11.3 Å². The SMILES string of the molecule is Cc1nc(-c2ncccn2)sc1C(=O)N1C[C@@H]2C(Oc3cc(C(C)(C)N)cc(-c4ccc(F)cc4)n3)[C@@H]2C1. The maximum absolute atomic E-state index is 13.5. The number of benzene rings is 1. The predicted octanol–water partition coefficient (Wildman–Crippen LogP) is 4.45. The van der Waals surface area contributed by atoms with Crippen LogP contribution in [0.2, 0.25) is 0 Å². The first-order chi connectivity index (χ1) is 18.2. The zero-order chi connectivity index (χ0) is 26.6. The van der Waals surface area contributed by atoms with E-state index in [1.54, 1.807) is 30.6 Å². The monoisotopic (exact) mass is 530 g/mol. The van der Waals surface area contributed by atoms with Gasteiger partial charge >= 0.3 is 0 Å². The Bertz CT molecular complexity index is 1490. The number of aryl methyl sites for hydroxylation is 1. The van der Waals surface area contributed by atoms with Gasteiger partial charge in [0.1, 0.15) is 16.8 Å². The molecule has 3 aromatic heterocycles. The molecule has 2 aliphatic rings. The first kappa shape index (κ1) is 24.6. The van der Waals surface area contributed by atoms with E-state index in [-0.39, 0.29) is 29.7 Å². The zero-order valence-electron chi connectivity index (χ0n) is 21.3. The van der Waals surface area contributed by atoms with E-state index in [0.29, 0.717) is 46.1 Å². The summed E-state index contributed by atoms with van der Waals surface area (Å²) in [6.45, 7) is 6.93. The lowest BCUT2D eigenvalue weighted by atomic mass is 9.95. The number of fused-ring (bicyclic) bond motifs is 1. The van der Waals surface area contributed by atoms with Crippen LogP contribution < -0.4 is 10.5 Å². The van der Waals surface area contributed by atoms with E-state index in [1.165, 1.54) is 23.5 Å². The van der Waals surface area contributed by atoms with Crippen LogP contribution in [0.4, 0.5) is 4.39 Å². The summed E-state index contributed by atoms with van der Waals surface area (Å²) in [5, 5.41) is 0.641. The number of thiazole rings is 1. The molecule has 1 unspecified atom stereocenters. The number of piperidine rings is 1. The molecule has 0 bridgehead atoms. The lowest BCUT2D eigenvalue weighted by Crippen LogP contribution is -2.33. The number of likely N-dealkylation sites (tertiary alicyclic amines) is 1. The fourth-order valence-electron chi connectivity index (χ4n) is 4.90. The number of halogens is 1. The number of carbonyl (C=O) groups is 1. The second-order valence-corrected chi connectivity index (χ2v) is 11.4. The summed E-state index contributed by atoms with van der Waals surface area (Å²) in [7, 11) is 0. The van der Waals surface area contributed by atoms with Crippen molar-refractivity contribution in [1.29, 1.82) is 0 Å². The van der Waals surface area contributed by atoms with Crippen molar-refractivity contribution < 1.29 is 13.9 Å². The minimum atomic E-state index is -0.602. The van der Waals surface area contributed by atoms with E-state index in [1.807, 2.05) is 37.8 Å². The molecule has 38 heavy (non-hydrogen) atoms. The number of amides is 1. The van der Waals surface area contributed by atoms with Crippen molar-refractivity contribution in [1.82, 2.24) is 24.8 Å². The van der Waals surface area contributed by atoms with Gasteiger partial charge in [-0.15, -0.1) is 11.3 Å². The number of hydrogen-bond acceptors (Lipinski definition) is 8. The van der Waals surface area contributed by atoms with E-state index in [9.17, 15) is 9.18 Å². The van der Waals surface area contributed by atoms with Gasteiger partial charge < -0.3 is 15.4 Å². The lowest BCUT2D eigenvalue weighted by Gasteiger charge is -2.22. The van der Waals surface area contributed by atoms with Crippen molar-refractivity contribution in [3.63, 3.8) is 0 Å². The molecular weight excluding hydrogens is 503 g/mol. The number of pyridine rings is 1. The fourth-order valence-corrected chi connectivity index (χ4v) is 5.88. The summed E-state index contributed by atoms with van der Waals surface area (Å²) in [5.41, 5.74) is 8.82. The summed E-state index contributed by atoms with van der Waals surface area (Å²) in [6.07, 6.45) is 3.31. The Kier molecular flexibility index (Phi) is 5.96. The highest BCUT2D eigenvalue weighted by atomic mass is 32.1. The Hall–Kier alpha value is -3.76. The molecule has 10 heteroatoms. The maximum Gasteiger partial charge on any atom is 0.265 e. The molecule has 2 fully saturated rings. The van der Waals surface area contributed by atoms with Crippen molar-refractivity contribution in [3.05, 3.63) is 76.8 Å². The molecule has 1 aliphatic carbocycles. The van der Waals surface area contributed by atoms with Gasteiger partial charge in [-0.1, -0.05) is 0 Å². The van der Waals surface area contributed by atoms with Gasteiger partial charge in [-0.3, -0.25) is 4.79 Å². The molecule has 1 saturated carbocycles. The maximum atomic E-state index is 13.5. The largest absolute Gasteiger partial charge is 0.474 e. The first-order valence-corrected chi connectivity index (χ1v) is 13.3. The smallest absolute Gasteiger partial charge is 0.265 e. The number of nitrogens with two attached hydrogens (primary N) is 1. The third-order valence-corrected chi connectivity index (χ3v) is 8.23. The molecule has 1 amide bonds. The molecular formula is C28H27FN6O2S. The molecule has 8 nitrogen and oxygen atoms in total. The van der Waals surface area contributed by atoms with Crippen LogP contribution in [0.15, 0.2) is 54.9 Å². The second-order valence-electron chi connectivity index (χ2n) is 10.4. The van der Waals surface area contributed by atoms with Crippen LogP contribution in [0.25, 0.3) is 22.1 Å². The normalized spacial score (nSPS) is 20.3. The molecule has 6 rings (SSSR count). The van der Waals surface area contributed by atoms with Crippen molar-refractivity contribution in [2.45, 2.75) is 32.4 Å². The Morgan fingerprint density at radius 2 is 1.79 bits per heavy atom. The first-order valence-electron chi connectivity index (χ1n) is 12.5. The van der Waals surface area contributed by atoms with Gasteiger partial charge in [0.15, 0.2) is 10.8 Å². The Labute approximate surface area is 223 Å². The summed E-state index contributed by atoms with van der Waals surface area (Å²) >= 11 is 1.33. The van der Waals surface area contributed by atoms with Gasteiger partial charge in [-0.2, -0.15) is 0 Å². The third-order valence-electron chi connectivity index (χ3n) is 7.09. The van der Waals surface area contributed by atoms with Crippen molar-refractivity contribution in [2.24, 2.45) is 17.6 Å². The summed E-state index contributed by atoms with van der Waals surface area (Å²) in [4.78, 5) is 33.5. The van der Waals surface area contributed by atoms with Gasteiger partial charge in [0, 0.05) is 54.5 Å². The molecule has 194 valence electrons. The van der Waals surface area contributed by atoms with Crippen LogP contribution in [-0.2, 0) is 5.54 Å². The minimum Gasteiger partial charge on any atom is -0.474 e. The van der Waals surface area contributed by atoms with E-state index in [0.717, 1.165) is 11.1 Å². The van der Waals surface area contributed by atoms with Gasteiger partial charge in [-0.25, -0.2) is 24.3 Å². The van der Waals surface area contributed by atoms with Crippen LogP contribution in [0.1, 0.15) is 34.8 Å². The molecule has 4 heterocycles. The summed E-state index contributed by atoms with van der Waals surface area (Å²) in [5.74, 6) is 1.18. The second kappa shape index (κ2) is 9.21. The van der Waals surface area contributed by atoms with E-state index < -0.39 is 5.54 Å². The van der Waals surface area contributed by atoms with E-state index >= 15 is 0 Å². The van der Waals surface area contributed by atoms with E-state index in [2.05, 4.69) is 15.0 Å². The Morgan fingerprint density at radius 1 is 1.11 bits per heavy atom. The average molecular weight is 531 g/mol. The number of rotatable bonds is 6. The average Bonchev–Trinajstić information content (AvgIpc) is 3.22. The third kappa shape index (κ3) is 4.65. The zero-order valence-corrected chi connectivity index (χ0v) is 22.1. The molecule has 4 aromatic rings. The van der Waals surface area contributed by atoms with Crippen molar-refractivity contribution in [3.8, 4) is 28.0 Å². The van der Waals surface area contributed by atoms with Crippen LogP contribution in [-0.4, -0.2) is 49.9 Å². The number of aromatic nitrogens is 4. The van der Waals surface area contributed by atoms with Gasteiger partial charge in [0.25, 0.3) is 5.91 Å². The quantitative estimate of drug-likeness (QED) is 0.392. The molecule has 0 radical (unpaired) electrons. The van der Waals surface area contributed by atoms with E-state index in [4.69, 9.17) is 15.5 Å². The summed E-state index contributed by atoms with van der Waals surface area (Å²) < 4.78 is 19.8. The van der Waals surface area contributed by atoms with Crippen LogP contribution in [0.5, 0.6) is 5.88 Å². The van der Waals surface area contributed by atoms with Gasteiger partial charge in [0.05, 0.1) is 11.4 Å². The molecule has 1 saturated heterocycles. The lowest BCUT2D eigenvalue weighted by molar-refractivity contribution is 0.0755.